The Labute approximate surface area is 141 Å². The highest BCUT2D eigenvalue weighted by Gasteiger charge is 2.40. The van der Waals surface area contributed by atoms with E-state index in [4.69, 9.17) is 4.74 Å². The van der Waals surface area contributed by atoms with Gasteiger partial charge in [0.1, 0.15) is 0 Å². The van der Waals surface area contributed by atoms with Gasteiger partial charge in [-0.15, -0.1) is 0 Å². The zero-order chi connectivity index (χ0) is 18.8. The van der Waals surface area contributed by atoms with Gasteiger partial charge in [0.05, 0.1) is 17.7 Å². The summed E-state index contributed by atoms with van der Waals surface area (Å²) in [6.07, 6.45) is -5.47. The minimum absolute atomic E-state index is 0.0344. The van der Waals surface area contributed by atoms with Crippen molar-refractivity contribution in [1.82, 2.24) is 0 Å². The van der Waals surface area contributed by atoms with Crippen LogP contribution in [-0.4, -0.2) is 23.6 Å². The topological polar surface area (TPSA) is 46.5 Å². The molecule has 0 unspecified atom stereocenters. The van der Waals surface area contributed by atoms with Crippen LogP contribution in [0.1, 0.15) is 65.6 Å². The molecule has 8 heteroatoms. The number of hydrogen-bond acceptors (Lipinski definition) is 2. The Hall–Kier alpha value is -1.70. The molecule has 0 radical (unpaired) electrons. The Kier molecular flexibility index (Phi) is 5.71. The van der Waals surface area contributed by atoms with Gasteiger partial charge in [-0.1, -0.05) is 6.07 Å². The molecular weight excluding hydrogens is 347 g/mol. The predicted molar refractivity (Wildman–Crippen MR) is 79.9 cm³/mol. The fourth-order valence-electron chi connectivity index (χ4n) is 3.23. The molecular formula is C17H19F5O3. The van der Waals surface area contributed by atoms with Crippen LogP contribution >= 0.6 is 0 Å². The normalized spacial score (nSPS) is 18.3. The zero-order valence-electron chi connectivity index (χ0n) is 13.6. The summed E-state index contributed by atoms with van der Waals surface area (Å²) in [6.45, 7) is 1.21. The molecule has 1 saturated carbocycles. The van der Waals surface area contributed by atoms with Gasteiger partial charge in [-0.25, -0.2) is 13.6 Å². The average molecular weight is 366 g/mol. The number of aromatic carboxylic acids is 1. The molecule has 1 aromatic rings. The van der Waals surface area contributed by atoms with E-state index in [-0.39, 0.29) is 25.0 Å². The second-order valence-corrected chi connectivity index (χ2v) is 6.13. The maximum Gasteiger partial charge on any atom is 0.416 e. The highest BCUT2D eigenvalue weighted by molar-refractivity contribution is 5.92. The molecule has 0 saturated heterocycles. The average Bonchev–Trinajstić information content (AvgIpc) is 2.50. The van der Waals surface area contributed by atoms with Gasteiger partial charge >= 0.3 is 12.1 Å². The largest absolute Gasteiger partial charge is 0.478 e. The number of carbonyl (C=O) groups is 1. The van der Waals surface area contributed by atoms with Crippen molar-refractivity contribution >= 4 is 5.97 Å². The van der Waals surface area contributed by atoms with Crippen LogP contribution in [-0.2, 0) is 17.5 Å². The van der Waals surface area contributed by atoms with Gasteiger partial charge in [0, 0.05) is 25.0 Å². The lowest BCUT2D eigenvalue weighted by molar-refractivity contribution is -0.138. The highest BCUT2D eigenvalue weighted by Crippen LogP contribution is 2.44. The quantitative estimate of drug-likeness (QED) is 0.726. The standard InChI is InChI=1S/C17H19F5O3/c1-2-25-9-12-13(17(20,21)22)4-3-11(14(12)15(23)24)10-5-7-16(18,19)8-6-10/h3-4,10H,2,5-9H2,1H3,(H,23,24). The van der Waals surface area contributed by atoms with Crippen LogP contribution in [0.15, 0.2) is 12.1 Å². The Balaban J connectivity index is 2.52. The molecule has 1 aliphatic carbocycles. The van der Waals surface area contributed by atoms with Crippen LogP contribution in [0.25, 0.3) is 0 Å². The molecule has 1 fully saturated rings. The van der Waals surface area contributed by atoms with Gasteiger partial charge in [0.15, 0.2) is 0 Å². The van der Waals surface area contributed by atoms with Gasteiger partial charge in [-0.05, 0) is 37.3 Å². The molecule has 0 amide bonds. The van der Waals surface area contributed by atoms with Crippen LogP contribution in [0.3, 0.4) is 0 Å². The highest BCUT2D eigenvalue weighted by atomic mass is 19.4. The van der Waals surface area contributed by atoms with Crippen molar-refractivity contribution in [3.8, 4) is 0 Å². The summed E-state index contributed by atoms with van der Waals surface area (Å²) in [6, 6.07) is 1.93. The molecule has 25 heavy (non-hydrogen) atoms. The molecule has 0 aliphatic heterocycles. The number of rotatable bonds is 5. The summed E-state index contributed by atoms with van der Waals surface area (Å²) in [5.74, 6) is -4.82. The Morgan fingerprint density at radius 2 is 1.88 bits per heavy atom. The Bertz CT molecular complexity index is 630. The minimum atomic E-state index is -4.73. The third-order valence-corrected chi connectivity index (χ3v) is 4.47. The lowest BCUT2D eigenvalue weighted by atomic mass is 9.79. The van der Waals surface area contributed by atoms with Crippen molar-refractivity contribution < 1.29 is 36.6 Å². The summed E-state index contributed by atoms with van der Waals surface area (Å²) < 4.78 is 71.4. The second kappa shape index (κ2) is 7.27. The molecule has 140 valence electrons. The molecule has 1 aliphatic rings. The molecule has 0 aromatic heterocycles. The minimum Gasteiger partial charge on any atom is -0.478 e. The second-order valence-electron chi connectivity index (χ2n) is 6.13. The fourth-order valence-corrected chi connectivity index (χ4v) is 3.23. The SMILES string of the molecule is CCOCc1c(C(F)(F)F)ccc(C2CCC(F)(F)CC2)c1C(=O)O. The number of carboxylic acid groups (broad SMARTS) is 1. The predicted octanol–water partition coefficient (Wildman–Crippen LogP) is 5.23. The molecule has 2 rings (SSSR count). The van der Waals surface area contributed by atoms with E-state index < -0.39 is 60.1 Å². The van der Waals surface area contributed by atoms with Crippen LogP contribution < -0.4 is 0 Å². The van der Waals surface area contributed by atoms with Crippen LogP contribution in [0.2, 0.25) is 0 Å². The van der Waals surface area contributed by atoms with E-state index in [0.717, 1.165) is 12.1 Å². The summed E-state index contributed by atoms with van der Waals surface area (Å²) >= 11 is 0. The van der Waals surface area contributed by atoms with Crippen LogP contribution in [0.4, 0.5) is 22.0 Å². The van der Waals surface area contributed by atoms with E-state index >= 15 is 0 Å². The summed E-state index contributed by atoms with van der Waals surface area (Å²) in [7, 11) is 0. The number of hydrogen-bond donors (Lipinski definition) is 1. The van der Waals surface area contributed by atoms with Gasteiger partial charge in [0.25, 0.3) is 0 Å². The first-order valence-corrected chi connectivity index (χ1v) is 7.98. The fraction of sp³-hybridized carbons (Fsp3) is 0.588. The van der Waals surface area contributed by atoms with Crippen molar-refractivity contribution in [1.29, 1.82) is 0 Å². The number of benzene rings is 1. The lowest BCUT2D eigenvalue weighted by Gasteiger charge is -2.30. The maximum absolute atomic E-state index is 13.3. The van der Waals surface area contributed by atoms with Crippen molar-refractivity contribution in [2.75, 3.05) is 6.61 Å². The third-order valence-electron chi connectivity index (χ3n) is 4.47. The van der Waals surface area contributed by atoms with E-state index in [9.17, 15) is 31.9 Å². The molecule has 0 atom stereocenters. The third kappa shape index (κ3) is 4.48. The van der Waals surface area contributed by atoms with Crippen molar-refractivity contribution in [2.45, 2.75) is 57.2 Å². The number of carboxylic acids is 1. The summed E-state index contributed by atoms with van der Waals surface area (Å²) in [5, 5.41) is 9.50. The van der Waals surface area contributed by atoms with Crippen molar-refractivity contribution in [3.05, 3.63) is 34.4 Å². The number of alkyl halides is 5. The zero-order valence-corrected chi connectivity index (χ0v) is 13.6. The maximum atomic E-state index is 13.3. The van der Waals surface area contributed by atoms with E-state index in [0.29, 0.717) is 0 Å². The van der Waals surface area contributed by atoms with Gasteiger partial charge in [-0.2, -0.15) is 13.2 Å². The van der Waals surface area contributed by atoms with E-state index in [2.05, 4.69) is 0 Å². The molecule has 0 bridgehead atoms. The molecule has 0 spiro atoms. The van der Waals surface area contributed by atoms with Gasteiger partial charge < -0.3 is 9.84 Å². The molecule has 1 aromatic carbocycles. The van der Waals surface area contributed by atoms with Crippen molar-refractivity contribution in [3.63, 3.8) is 0 Å². The first kappa shape index (κ1) is 19.6. The monoisotopic (exact) mass is 366 g/mol. The van der Waals surface area contributed by atoms with Crippen LogP contribution in [0.5, 0.6) is 0 Å². The number of ether oxygens (including phenoxy) is 1. The first-order chi connectivity index (χ1) is 11.6. The lowest BCUT2D eigenvalue weighted by Crippen LogP contribution is -2.25. The van der Waals surface area contributed by atoms with Gasteiger partial charge in [0.2, 0.25) is 5.92 Å². The summed E-state index contributed by atoms with van der Waals surface area (Å²) in [4.78, 5) is 11.7. The van der Waals surface area contributed by atoms with E-state index in [1.807, 2.05) is 0 Å². The Morgan fingerprint density at radius 1 is 1.28 bits per heavy atom. The Morgan fingerprint density at radius 3 is 2.36 bits per heavy atom. The smallest absolute Gasteiger partial charge is 0.416 e. The van der Waals surface area contributed by atoms with E-state index in [1.54, 1.807) is 6.92 Å². The first-order valence-electron chi connectivity index (χ1n) is 7.98. The van der Waals surface area contributed by atoms with Crippen molar-refractivity contribution in [2.24, 2.45) is 0 Å². The number of halogens is 5. The summed E-state index contributed by atoms with van der Waals surface area (Å²) in [5.41, 5.74) is -1.82. The molecule has 1 N–H and O–H groups in total. The molecule has 3 nitrogen and oxygen atoms in total. The van der Waals surface area contributed by atoms with E-state index in [1.165, 1.54) is 0 Å². The van der Waals surface area contributed by atoms with Gasteiger partial charge in [-0.3, -0.25) is 0 Å². The molecule has 0 heterocycles. The van der Waals surface area contributed by atoms with Crippen LogP contribution in [0, 0.1) is 0 Å².